The Morgan fingerprint density at radius 2 is 1.83 bits per heavy atom. The fourth-order valence-electron chi connectivity index (χ4n) is 4.05. The van der Waals surface area contributed by atoms with E-state index in [1.54, 1.807) is 0 Å². The lowest BCUT2D eigenvalue weighted by atomic mass is 10.0. The molecule has 2 aromatic rings. The predicted octanol–water partition coefficient (Wildman–Crippen LogP) is 3.96. The largest absolute Gasteiger partial charge is 0.371 e. The van der Waals surface area contributed by atoms with E-state index in [0.29, 0.717) is 30.3 Å². The number of urea groups is 1. The van der Waals surface area contributed by atoms with Gasteiger partial charge < -0.3 is 19.9 Å². The van der Waals surface area contributed by atoms with Crippen molar-refractivity contribution < 1.29 is 9.53 Å². The molecular weight excluding hydrogens is 400 g/mol. The molecule has 0 radical (unpaired) electrons. The van der Waals surface area contributed by atoms with Crippen LogP contribution in [0.15, 0.2) is 48.5 Å². The van der Waals surface area contributed by atoms with Crippen molar-refractivity contribution in [2.45, 2.75) is 25.0 Å². The number of morpholine rings is 1. The molecule has 2 aromatic carbocycles. The third-order valence-corrected chi connectivity index (χ3v) is 6.13. The molecule has 30 heavy (non-hydrogen) atoms. The average Bonchev–Trinajstić information content (AvgIpc) is 2.80. The van der Waals surface area contributed by atoms with E-state index in [1.165, 1.54) is 0 Å². The molecule has 0 bridgehead atoms. The Kier molecular flexibility index (Phi) is 6.41. The van der Waals surface area contributed by atoms with Crippen molar-refractivity contribution in [3.8, 4) is 6.07 Å². The number of carbonyl (C=O) groups excluding carboxylic acids is 1. The van der Waals surface area contributed by atoms with Gasteiger partial charge in [0.15, 0.2) is 0 Å². The van der Waals surface area contributed by atoms with Gasteiger partial charge in [-0.2, -0.15) is 5.26 Å². The van der Waals surface area contributed by atoms with Crippen molar-refractivity contribution in [3.63, 3.8) is 0 Å². The SMILES string of the molecule is N#Cc1ccc(N2CCC(NC(=O)N3CCOC(c4ccccc4Cl)C3)CC2)cc1. The van der Waals surface area contributed by atoms with Crippen LogP contribution in [-0.2, 0) is 4.74 Å². The first-order chi connectivity index (χ1) is 14.6. The summed E-state index contributed by atoms with van der Waals surface area (Å²) in [6, 6.07) is 17.6. The van der Waals surface area contributed by atoms with Crippen molar-refractivity contribution in [1.82, 2.24) is 10.2 Å². The zero-order valence-corrected chi connectivity index (χ0v) is 17.5. The minimum Gasteiger partial charge on any atom is -0.371 e. The molecule has 2 heterocycles. The second-order valence-electron chi connectivity index (χ2n) is 7.70. The van der Waals surface area contributed by atoms with E-state index >= 15 is 0 Å². The van der Waals surface area contributed by atoms with Crippen molar-refractivity contribution in [3.05, 3.63) is 64.7 Å². The number of carbonyl (C=O) groups is 1. The van der Waals surface area contributed by atoms with Gasteiger partial charge in [-0.15, -0.1) is 0 Å². The number of nitriles is 1. The number of amides is 2. The van der Waals surface area contributed by atoms with Crippen molar-refractivity contribution in [2.75, 3.05) is 37.7 Å². The third kappa shape index (κ3) is 4.69. The molecule has 0 spiro atoms. The number of ether oxygens (including phenoxy) is 1. The van der Waals surface area contributed by atoms with Gasteiger partial charge in [0.05, 0.1) is 24.8 Å². The molecule has 2 saturated heterocycles. The molecule has 2 aliphatic rings. The number of piperidine rings is 1. The van der Waals surface area contributed by atoms with Crippen molar-refractivity contribution in [1.29, 1.82) is 5.26 Å². The standard InChI is InChI=1S/C23H25ClN4O2/c24-21-4-2-1-3-20(21)22-16-28(13-14-30-22)23(29)26-18-9-11-27(12-10-18)19-7-5-17(15-25)6-8-19/h1-8,18,22H,9-14,16H2,(H,26,29). The van der Waals surface area contributed by atoms with Gasteiger partial charge in [-0.05, 0) is 43.2 Å². The highest BCUT2D eigenvalue weighted by atomic mass is 35.5. The van der Waals surface area contributed by atoms with Gasteiger partial charge in [-0.25, -0.2) is 4.79 Å². The van der Waals surface area contributed by atoms with Crippen LogP contribution >= 0.6 is 11.6 Å². The van der Waals surface area contributed by atoms with E-state index in [1.807, 2.05) is 53.4 Å². The van der Waals surface area contributed by atoms with Crippen molar-refractivity contribution in [2.24, 2.45) is 0 Å². The quantitative estimate of drug-likeness (QED) is 0.809. The lowest BCUT2D eigenvalue weighted by molar-refractivity contribution is -0.0158. The molecule has 0 aliphatic carbocycles. The van der Waals surface area contributed by atoms with Crippen LogP contribution in [0.3, 0.4) is 0 Å². The van der Waals surface area contributed by atoms with Crippen LogP contribution in [0, 0.1) is 11.3 Å². The van der Waals surface area contributed by atoms with Crippen LogP contribution in [0.25, 0.3) is 0 Å². The summed E-state index contributed by atoms with van der Waals surface area (Å²) in [5.41, 5.74) is 2.71. The Bertz CT molecular complexity index is 920. The van der Waals surface area contributed by atoms with Gasteiger partial charge in [-0.3, -0.25) is 0 Å². The minimum absolute atomic E-state index is 0.0350. The Morgan fingerprint density at radius 1 is 1.10 bits per heavy atom. The number of hydrogen-bond donors (Lipinski definition) is 1. The van der Waals surface area contributed by atoms with Crippen LogP contribution in [0.4, 0.5) is 10.5 Å². The molecule has 1 unspecified atom stereocenters. The average molecular weight is 425 g/mol. The van der Waals surface area contributed by atoms with Crippen LogP contribution < -0.4 is 10.2 Å². The van der Waals surface area contributed by atoms with E-state index in [0.717, 1.165) is 37.2 Å². The number of nitrogens with zero attached hydrogens (tertiary/aromatic N) is 3. The molecule has 156 valence electrons. The highest BCUT2D eigenvalue weighted by Crippen LogP contribution is 2.28. The van der Waals surface area contributed by atoms with Crippen LogP contribution in [0.1, 0.15) is 30.1 Å². The Hall–Kier alpha value is -2.75. The molecule has 4 rings (SSSR count). The summed E-state index contributed by atoms with van der Waals surface area (Å²) in [6.45, 7) is 3.33. The van der Waals surface area contributed by atoms with E-state index in [2.05, 4.69) is 16.3 Å². The fourth-order valence-corrected chi connectivity index (χ4v) is 4.31. The molecule has 1 N–H and O–H groups in total. The molecule has 7 heteroatoms. The molecule has 2 fully saturated rings. The molecule has 2 aliphatic heterocycles. The van der Waals surface area contributed by atoms with Gasteiger partial charge >= 0.3 is 6.03 Å². The molecule has 0 aromatic heterocycles. The monoisotopic (exact) mass is 424 g/mol. The number of nitrogens with one attached hydrogen (secondary N) is 1. The first-order valence-corrected chi connectivity index (χ1v) is 10.7. The number of benzene rings is 2. The summed E-state index contributed by atoms with van der Waals surface area (Å²) < 4.78 is 5.86. The topological polar surface area (TPSA) is 68.6 Å². The number of anilines is 1. The number of rotatable bonds is 3. The van der Waals surface area contributed by atoms with Crippen LogP contribution in [-0.4, -0.2) is 49.8 Å². The molecular formula is C23H25ClN4O2. The number of halogens is 1. The van der Waals surface area contributed by atoms with Gasteiger partial charge in [0.2, 0.25) is 0 Å². The maximum absolute atomic E-state index is 12.8. The summed E-state index contributed by atoms with van der Waals surface area (Å²) in [5.74, 6) is 0. The summed E-state index contributed by atoms with van der Waals surface area (Å²) in [7, 11) is 0. The normalized spacial score (nSPS) is 19.9. The zero-order valence-electron chi connectivity index (χ0n) is 16.8. The smallest absolute Gasteiger partial charge is 0.317 e. The second-order valence-corrected chi connectivity index (χ2v) is 8.10. The van der Waals surface area contributed by atoms with E-state index in [9.17, 15) is 4.79 Å². The number of hydrogen-bond acceptors (Lipinski definition) is 4. The third-order valence-electron chi connectivity index (χ3n) is 5.79. The van der Waals surface area contributed by atoms with Gasteiger partial charge in [-0.1, -0.05) is 29.8 Å². The molecule has 6 nitrogen and oxygen atoms in total. The fraction of sp³-hybridized carbons (Fsp3) is 0.391. The summed E-state index contributed by atoms with van der Waals surface area (Å²) in [5, 5.41) is 12.8. The maximum atomic E-state index is 12.8. The van der Waals surface area contributed by atoms with Crippen LogP contribution in [0.5, 0.6) is 0 Å². The predicted molar refractivity (Wildman–Crippen MR) is 117 cm³/mol. The lowest BCUT2D eigenvalue weighted by Gasteiger charge is -2.37. The summed E-state index contributed by atoms with van der Waals surface area (Å²) in [6.07, 6.45) is 1.59. The molecule has 0 saturated carbocycles. The Balaban J connectivity index is 1.29. The zero-order chi connectivity index (χ0) is 20.9. The molecule has 2 amide bonds. The summed E-state index contributed by atoms with van der Waals surface area (Å²) >= 11 is 6.30. The van der Waals surface area contributed by atoms with Gasteiger partial charge in [0, 0.05) is 41.9 Å². The van der Waals surface area contributed by atoms with E-state index in [4.69, 9.17) is 21.6 Å². The lowest BCUT2D eigenvalue weighted by Crippen LogP contribution is -2.52. The minimum atomic E-state index is -0.198. The second kappa shape index (κ2) is 9.38. The first-order valence-electron chi connectivity index (χ1n) is 10.3. The maximum Gasteiger partial charge on any atom is 0.317 e. The highest BCUT2D eigenvalue weighted by Gasteiger charge is 2.29. The Labute approximate surface area is 182 Å². The van der Waals surface area contributed by atoms with Crippen molar-refractivity contribution >= 4 is 23.3 Å². The summed E-state index contributed by atoms with van der Waals surface area (Å²) in [4.78, 5) is 17.0. The van der Waals surface area contributed by atoms with E-state index in [-0.39, 0.29) is 18.2 Å². The van der Waals surface area contributed by atoms with Gasteiger partial charge in [0.25, 0.3) is 0 Å². The molecule has 1 atom stereocenters. The van der Waals surface area contributed by atoms with Crippen LogP contribution in [0.2, 0.25) is 5.02 Å². The van der Waals surface area contributed by atoms with E-state index < -0.39 is 0 Å². The van der Waals surface area contributed by atoms with Gasteiger partial charge in [0.1, 0.15) is 6.10 Å². The first kappa shape index (κ1) is 20.5. The Morgan fingerprint density at radius 3 is 2.53 bits per heavy atom. The highest BCUT2D eigenvalue weighted by molar-refractivity contribution is 6.31.